The minimum Gasteiger partial charge on any atom is -0.496 e. The highest BCUT2D eigenvalue weighted by molar-refractivity contribution is 7.91. The number of cyclic esters (lactones) is 1. The van der Waals surface area contributed by atoms with Crippen LogP contribution in [0.1, 0.15) is 110 Å². The van der Waals surface area contributed by atoms with Crippen molar-refractivity contribution in [2.45, 2.75) is 134 Å². The highest BCUT2D eigenvalue weighted by Gasteiger charge is 2.62. The van der Waals surface area contributed by atoms with E-state index in [-0.39, 0.29) is 49.2 Å². The number of pyridine rings is 1. The van der Waals surface area contributed by atoms with Crippen LogP contribution in [-0.4, -0.2) is 85.2 Å². The quantitative estimate of drug-likeness (QED) is 0.349. The summed E-state index contributed by atoms with van der Waals surface area (Å²) in [5.74, 6) is -1.92. The molecule has 7 rings (SSSR count). The van der Waals surface area contributed by atoms with E-state index in [0.29, 0.717) is 31.6 Å². The van der Waals surface area contributed by atoms with Gasteiger partial charge in [-0.1, -0.05) is 46.5 Å². The Kier molecular flexibility index (Phi) is 11.1. The van der Waals surface area contributed by atoms with Crippen molar-refractivity contribution in [1.29, 1.82) is 0 Å². The lowest BCUT2D eigenvalue weighted by atomic mass is 9.77. The van der Waals surface area contributed by atoms with Crippen LogP contribution in [0, 0.1) is 23.2 Å². The van der Waals surface area contributed by atoms with Crippen molar-refractivity contribution >= 4 is 44.5 Å². The van der Waals surface area contributed by atoms with Crippen molar-refractivity contribution in [3.8, 4) is 11.6 Å². The Bertz CT molecular complexity index is 1930. The molecule has 55 heavy (non-hydrogen) atoms. The van der Waals surface area contributed by atoms with Gasteiger partial charge in [0.2, 0.25) is 27.7 Å². The van der Waals surface area contributed by atoms with Crippen molar-refractivity contribution < 1.29 is 41.8 Å². The van der Waals surface area contributed by atoms with Gasteiger partial charge >= 0.3 is 5.97 Å². The van der Waals surface area contributed by atoms with Crippen LogP contribution in [0.3, 0.4) is 0 Å². The third-order valence-electron chi connectivity index (χ3n) is 12.6. The van der Waals surface area contributed by atoms with E-state index in [0.717, 1.165) is 73.5 Å². The number of benzene rings is 1. The normalized spacial score (nSPS) is 29.1. The number of ether oxygens (including phenoxy) is 3. The van der Waals surface area contributed by atoms with Gasteiger partial charge in [-0.05, 0) is 97.8 Å². The Labute approximate surface area is 324 Å². The van der Waals surface area contributed by atoms with Gasteiger partial charge in [0.25, 0.3) is 5.91 Å². The molecule has 5 aliphatic rings. The van der Waals surface area contributed by atoms with Crippen molar-refractivity contribution in [2.75, 3.05) is 20.3 Å². The Hall–Kier alpha value is -3.94. The average Bonchev–Trinajstić information content (AvgIpc) is 4.09. The Morgan fingerprint density at radius 2 is 1.84 bits per heavy atom. The number of fused-ring (bicyclic) bond motifs is 3. The van der Waals surface area contributed by atoms with Gasteiger partial charge in [0.05, 0.1) is 37.9 Å². The molecule has 3 saturated carbocycles. The van der Waals surface area contributed by atoms with Crippen LogP contribution in [0.15, 0.2) is 24.4 Å². The zero-order valence-corrected chi connectivity index (χ0v) is 33.4. The molecule has 300 valence electrons. The van der Waals surface area contributed by atoms with E-state index in [1.165, 1.54) is 4.90 Å². The van der Waals surface area contributed by atoms with E-state index < -0.39 is 56.7 Å². The summed E-state index contributed by atoms with van der Waals surface area (Å²) < 4.78 is 46.1. The monoisotopic (exact) mass is 780 g/mol. The van der Waals surface area contributed by atoms with Gasteiger partial charge < -0.3 is 24.4 Å². The predicted octanol–water partition coefficient (Wildman–Crippen LogP) is 4.98. The maximum absolute atomic E-state index is 14.9. The smallest absolute Gasteiger partial charge is 0.306 e. The predicted molar refractivity (Wildman–Crippen MR) is 205 cm³/mol. The fourth-order valence-electron chi connectivity index (χ4n) is 9.08. The molecular weight excluding hydrogens is 725 g/mol. The number of aromatic nitrogens is 1. The van der Waals surface area contributed by atoms with E-state index >= 15 is 0 Å². The molecule has 3 heterocycles. The molecule has 4 bridgehead atoms. The molecule has 3 aliphatic carbocycles. The highest BCUT2D eigenvalue weighted by atomic mass is 32.2. The zero-order chi connectivity index (χ0) is 39.1. The highest BCUT2D eigenvalue weighted by Crippen LogP contribution is 2.47. The van der Waals surface area contributed by atoms with E-state index in [1.807, 2.05) is 25.1 Å². The van der Waals surface area contributed by atoms with E-state index in [4.69, 9.17) is 14.2 Å². The summed E-state index contributed by atoms with van der Waals surface area (Å²) in [7, 11) is -2.21. The second kappa shape index (κ2) is 15.5. The van der Waals surface area contributed by atoms with Gasteiger partial charge in [-0.25, -0.2) is 13.4 Å². The first-order valence-corrected chi connectivity index (χ1v) is 21.7. The first kappa shape index (κ1) is 39.3. The van der Waals surface area contributed by atoms with E-state index in [2.05, 4.69) is 28.9 Å². The largest absolute Gasteiger partial charge is 0.496 e. The van der Waals surface area contributed by atoms with Gasteiger partial charge in [-0.2, -0.15) is 0 Å². The van der Waals surface area contributed by atoms with Crippen LogP contribution < -0.4 is 19.5 Å². The third kappa shape index (κ3) is 8.44. The number of rotatable bonds is 8. The SMILES string of the molecule is CC[C@H]1C[C@]1(NC(=O)[C@@H]1C[C@@H]2CN1C(=O)[C@H](C1CCCCC1)CC(=O)OCC(C)(C)CCCc1cc3c(nccc3cc1OC)O2)C(=O)NS(=O)(=O)C1CC1. The second-order valence-electron chi connectivity index (χ2n) is 17.3. The topological polar surface area (TPSA) is 170 Å². The van der Waals surface area contributed by atoms with Crippen LogP contribution in [0.4, 0.5) is 0 Å². The second-order valence-corrected chi connectivity index (χ2v) is 19.3. The third-order valence-corrected chi connectivity index (χ3v) is 14.5. The number of sulfonamides is 1. The molecule has 4 fully saturated rings. The van der Waals surface area contributed by atoms with Crippen LogP contribution >= 0.6 is 0 Å². The van der Waals surface area contributed by atoms with Crippen LogP contribution in [0.5, 0.6) is 11.6 Å². The van der Waals surface area contributed by atoms with Crippen molar-refractivity contribution in [2.24, 2.45) is 23.2 Å². The Morgan fingerprint density at radius 1 is 1.07 bits per heavy atom. The zero-order valence-electron chi connectivity index (χ0n) is 32.6. The van der Waals surface area contributed by atoms with Gasteiger partial charge in [0.1, 0.15) is 23.4 Å². The molecule has 0 radical (unpaired) electrons. The lowest BCUT2D eigenvalue weighted by molar-refractivity contribution is -0.154. The first-order chi connectivity index (χ1) is 26.2. The van der Waals surface area contributed by atoms with Crippen molar-refractivity contribution in [1.82, 2.24) is 19.9 Å². The summed E-state index contributed by atoms with van der Waals surface area (Å²) in [6, 6.07) is 4.85. The summed E-state index contributed by atoms with van der Waals surface area (Å²) >= 11 is 0. The lowest BCUT2D eigenvalue weighted by Crippen LogP contribution is -2.57. The van der Waals surface area contributed by atoms with E-state index in [1.54, 1.807) is 13.3 Å². The van der Waals surface area contributed by atoms with Crippen molar-refractivity contribution in [3.05, 3.63) is 30.0 Å². The first-order valence-electron chi connectivity index (χ1n) is 20.2. The summed E-state index contributed by atoms with van der Waals surface area (Å²) in [4.78, 5) is 62.7. The van der Waals surface area contributed by atoms with Gasteiger partial charge in [0, 0.05) is 18.0 Å². The summed E-state index contributed by atoms with van der Waals surface area (Å²) in [6.07, 6.45) is 9.76. The number of hydrogen-bond acceptors (Lipinski definition) is 10. The molecule has 14 heteroatoms. The maximum atomic E-state index is 14.9. The summed E-state index contributed by atoms with van der Waals surface area (Å²) in [5, 5.41) is 4.00. The summed E-state index contributed by atoms with van der Waals surface area (Å²) in [6.45, 7) is 6.31. The molecule has 0 unspecified atom stereocenters. The molecule has 0 spiro atoms. The number of hydrogen-bond donors (Lipinski definition) is 2. The fourth-order valence-corrected chi connectivity index (χ4v) is 10.4. The number of amides is 3. The summed E-state index contributed by atoms with van der Waals surface area (Å²) in [5.41, 5.74) is -0.727. The van der Waals surface area contributed by atoms with E-state index in [9.17, 15) is 27.6 Å². The molecule has 5 atom stereocenters. The van der Waals surface area contributed by atoms with Crippen molar-refractivity contribution in [3.63, 3.8) is 0 Å². The van der Waals surface area contributed by atoms with Gasteiger partial charge in [-0.3, -0.25) is 23.9 Å². The number of methoxy groups -OCH3 is 1. The van der Waals surface area contributed by atoms with Gasteiger partial charge in [-0.15, -0.1) is 0 Å². The fraction of sp³-hybridized carbons (Fsp3) is 0.683. The number of aryl methyl sites for hydroxylation is 1. The number of carbonyl (C=O) groups is 4. The molecule has 1 saturated heterocycles. The standard InChI is InChI=1S/C41H56N4O9S/c1-5-28-22-41(28,39(49)44-55(50,51)30-13-14-30)43-36(47)33-20-29-23-45(33)38(48)32(25-10-7-6-8-11-25)21-35(46)53-24-40(2,3)16-9-12-27-18-31-26(19-34(27)52-4)15-17-42-37(31)54-29/h15,17-19,25,28-30,32-33H,5-14,16,20-24H2,1-4H3,(H,43,47)(H,44,49)/t28-,29+,32-,33-,41+/m0/s1. The van der Waals surface area contributed by atoms with Crippen LogP contribution in [-0.2, 0) is 40.4 Å². The lowest BCUT2D eigenvalue weighted by Gasteiger charge is -2.34. The molecule has 3 amide bonds. The molecule has 13 nitrogen and oxygen atoms in total. The maximum Gasteiger partial charge on any atom is 0.306 e. The number of nitrogens with zero attached hydrogens (tertiary/aromatic N) is 2. The minimum absolute atomic E-state index is 0.0538. The average molecular weight is 781 g/mol. The molecule has 2 aromatic rings. The van der Waals surface area contributed by atoms with Gasteiger partial charge in [0.15, 0.2) is 0 Å². The molecule has 1 aromatic heterocycles. The number of esters is 1. The minimum atomic E-state index is -3.85. The molecule has 1 aromatic carbocycles. The molecule has 2 N–H and O–H groups in total. The number of carbonyl (C=O) groups excluding carboxylic acids is 4. The Balaban J connectivity index is 1.23. The molecular formula is C41H56N4O9S. The van der Waals surface area contributed by atoms with Crippen LogP contribution in [0.25, 0.3) is 10.8 Å². The molecule has 2 aliphatic heterocycles. The van der Waals surface area contributed by atoms with Crippen LogP contribution in [0.2, 0.25) is 0 Å². The Morgan fingerprint density at radius 3 is 2.53 bits per heavy atom. The number of nitrogens with one attached hydrogen (secondary N) is 2.